The number of carbonyl (C=O) groups is 1. The molecular weight excluding hydrogens is 228 g/mol. The predicted molar refractivity (Wildman–Crippen MR) is 72.8 cm³/mol. The Morgan fingerprint density at radius 3 is 2.50 bits per heavy atom. The van der Waals surface area contributed by atoms with Crippen molar-refractivity contribution in [3.63, 3.8) is 0 Å². The Morgan fingerprint density at radius 1 is 1.28 bits per heavy atom. The molecule has 0 heterocycles. The fraction of sp³-hybridized carbons (Fsp3) is 0.929. The molecule has 1 aliphatic carbocycles. The number of amides is 1. The second kappa shape index (κ2) is 7.74. The molecular formula is C14H28N2O2. The first-order valence-corrected chi connectivity index (χ1v) is 7.27. The molecule has 0 aromatic rings. The molecule has 18 heavy (non-hydrogen) atoms. The molecule has 5 N–H and O–H groups in total. The fourth-order valence-electron chi connectivity index (χ4n) is 2.89. The van der Waals surface area contributed by atoms with Crippen LogP contribution in [0.15, 0.2) is 0 Å². The highest BCUT2D eigenvalue weighted by atomic mass is 16.3. The summed E-state index contributed by atoms with van der Waals surface area (Å²) in [5, 5.41) is 9.43. The van der Waals surface area contributed by atoms with Crippen LogP contribution in [0.5, 0.6) is 0 Å². The first-order chi connectivity index (χ1) is 8.54. The van der Waals surface area contributed by atoms with Gasteiger partial charge in [0.05, 0.1) is 0 Å². The zero-order chi connectivity index (χ0) is 13.5. The van der Waals surface area contributed by atoms with E-state index in [9.17, 15) is 9.90 Å². The molecule has 1 saturated carbocycles. The first-order valence-electron chi connectivity index (χ1n) is 7.27. The maximum atomic E-state index is 10.8. The predicted octanol–water partition coefficient (Wildman–Crippen LogP) is 1.55. The largest absolute Gasteiger partial charge is 0.382 e. The third kappa shape index (κ3) is 4.94. The molecule has 106 valence electrons. The summed E-state index contributed by atoms with van der Waals surface area (Å²) in [7, 11) is 0. The minimum absolute atomic E-state index is 0.492. The summed E-state index contributed by atoms with van der Waals surface area (Å²) in [5.74, 6) is 0.702. The van der Waals surface area contributed by atoms with Gasteiger partial charge in [0.25, 0.3) is 0 Å². The highest BCUT2D eigenvalue weighted by Gasteiger charge is 2.32. The molecule has 0 aromatic heterocycles. The number of hydrogen-bond acceptors (Lipinski definition) is 3. The topological polar surface area (TPSA) is 89.3 Å². The molecule has 4 nitrogen and oxygen atoms in total. The lowest BCUT2D eigenvalue weighted by Crippen LogP contribution is -2.46. The van der Waals surface area contributed by atoms with Gasteiger partial charge in [-0.15, -0.1) is 0 Å². The van der Waals surface area contributed by atoms with Gasteiger partial charge in [-0.05, 0) is 31.1 Å². The number of primary amides is 1. The quantitative estimate of drug-likeness (QED) is 0.547. The summed E-state index contributed by atoms with van der Waals surface area (Å²) >= 11 is 0. The lowest BCUT2D eigenvalue weighted by atomic mass is 9.70. The van der Waals surface area contributed by atoms with Crippen molar-refractivity contribution < 1.29 is 9.90 Å². The Balaban J connectivity index is 2.06. The van der Waals surface area contributed by atoms with Gasteiger partial charge in [-0.1, -0.05) is 39.0 Å². The fourth-order valence-corrected chi connectivity index (χ4v) is 2.89. The highest BCUT2D eigenvalue weighted by Crippen LogP contribution is 2.39. The van der Waals surface area contributed by atoms with Gasteiger partial charge >= 0.3 is 0 Å². The number of carbonyl (C=O) groups excluding carboxylic acids is 1. The molecule has 0 bridgehead atoms. The van der Waals surface area contributed by atoms with E-state index >= 15 is 0 Å². The lowest BCUT2D eigenvalue weighted by Gasteiger charge is -2.37. The van der Waals surface area contributed by atoms with Gasteiger partial charge in [0.2, 0.25) is 5.91 Å². The monoisotopic (exact) mass is 256 g/mol. The number of nitrogens with two attached hydrogens (primary N) is 2. The van der Waals surface area contributed by atoms with Crippen LogP contribution in [0.3, 0.4) is 0 Å². The van der Waals surface area contributed by atoms with E-state index < -0.39 is 18.1 Å². The average Bonchev–Trinajstić information content (AvgIpc) is 2.29. The van der Waals surface area contributed by atoms with Gasteiger partial charge in [-0.25, -0.2) is 0 Å². The Morgan fingerprint density at radius 2 is 1.94 bits per heavy atom. The molecule has 1 fully saturated rings. The van der Waals surface area contributed by atoms with Crippen molar-refractivity contribution in [1.82, 2.24) is 0 Å². The second-order valence-electron chi connectivity index (χ2n) is 5.80. The molecule has 1 amide bonds. The van der Waals surface area contributed by atoms with Crippen LogP contribution in [0.25, 0.3) is 0 Å². The molecule has 4 heteroatoms. The second-order valence-corrected chi connectivity index (χ2v) is 5.80. The molecule has 0 saturated heterocycles. The van der Waals surface area contributed by atoms with Crippen molar-refractivity contribution >= 4 is 5.91 Å². The number of hydrogen-bond donors (Lipinski definition) is 3. The van der Waals surface area contributed by atoms with Crippen molar-refractivity contribution in [1.29, 1.82) is 0 Å². The Labute approximate surface area is 110 Å². The van der Waals surface area contributed by atoms with Gasteiger partial charge in [-0.2, -0.15) is 0 Å². The third-order valence-corrected chi connectivity index (χ3v) is 4.10. The lowest BCUT2D eigenvalue weighted by molar-refractivity contribution is -0.127. The van der Waals surface area contributed by atoms with Gasteiger partial charge in [-0.3, -0.25) is 4.79 Å². The van der Waals surface area contributed by atoms with Crippen LogP contribution in [0.2, 0.25) is 0 Å². The summed E-state index contributed by atoms with van der Waals surface area (Å²) in [6.07, 6.45) is 8.56. The number of aliphatic hydroxyl groups excluding tert-OH is 1. The van der Waals surface area contributed by atoms with E-state index in [0.29, 0.717) is 5.92 Å². The maximum Gasteiger partial charge on any atom is 0.247 e. The van der Waals surface area contributed by atoms with Crippen LogP contribution < -0.4 is 11.5 Å². The minimum atomic E-state index is -1.19. The maximum absolute atomic E-state index is 10.8. The third-order valence-electron chi connectivity index (χ3n) is 4.10. The van der Waals surface area contributed by atoms with E-state index in [0.717, 1.165) is 12.3 Å². The molecule has 0 radical (unpaired) electrons. The van der Waals surface area contributed by atoms with E-state index in [-0.39, 0.29) is 0 Å². The van der Waals surface area contributed by atoms with Crippen LogP contribution in [0.1, 0.15) is 58.3 Å². The van der Waals surface area contributed by atoms with E-state index in [1.54, 1.807) is 0 Å². The van der Waals surface area contributed by atoms with Crippen molar-refractivity contribution in [3.8, 4) is 0 Å². The van der Waals surface area contributed by atoms with Crippen LogP contribution in [-0.2, 0) is 4.79 Å². The normalized spacial score (nSPS) is 26.4. The number of aliphatic hydroxyl groups is 1. The molecule has 2 atom stereocenters. The van der Waals surface area contributed by atoms with E-state index in [1.165, 1.54) is 44.9 Å². The van der Waals surface area contributed by atoms with Crippen molar-refractivity contribution in [2.75, 3.05) is 0 Å². The standard InChI is InChI=1S/C14H28N2O2/c1-2-3-4-5-6-10-7-11(8-10)9-12(15)13(17)14(16)18/h10-13,17H,2-9,15H2,1H3,(H2,16,18)/t10?,11?,12-,13?/m1/s1. The molecule has 0 aromatic carbocycles. The summed E-state index contributed by atoms with van der Waals surface area (Å²) in [6.45, 7) is 2.23. The summed E-state index contributed by atoms with van der Waals surface area (Å²) in [4.78, 5) is 10.8. The van der Waals surface area contributed by atoms with Crippen molar-refractivity contribution in [2.24, 2.45) is 23.3 Å². The Bertz CT molecular complexity index is 252. The smallest absolute Gasteiger partial charge is 0.247 e. The summed E-state index contributed by atoms with van der Waals surface area (Å²) in [5.41, 5.74) is 10.8. The Kier molecular flexibility index (Phi) is 6.65. The van der Waals surface area contributed by atoms with Crippen LogP contribution in [0.4, 0.5) is 0 Å². The van der Waals surface area contributed by atoms with Gasteiger partial charge < -0.3 is 16.6 Å². The van der Waals surface area contributed by atoms with Gasteiger partial charge in [0.1, 0.15) is 6.10 Å². The molecule has 0 spiro atoms. The number of unbranched alkanes of at least 4 members (excludes halogenated alkanes) is 3. The van der Waals surface area contributed by atoms with Gasteiger partial charge in [0.15, 0.2) is 0 Å². The van der Waals surface area contributed by atoms with Crippen molar-refractivity contribution in [3.05, 3.63) is 0 Å². The molecule has 1 rings (SSSR count). The zero-order valence-corrected chi connectivity index (χ0v) is 11.5. The first kappa shape index (κ1) is 15.4. The Hall–Kier alpha value is -0.610. The van der Waals surface area contributed by atoms with Crippen LogP contribution >= 0.6 is 0 Å². The van der Waals surface area contributed by atoms with Crippen molar-refractivity contribution in [2.45, 2.75) is 70.4 Å². The zero-order valence-electron chi connectivity index (χ0n) is 11.5. The van der Waals surface area contributed by atoms with E-state index in [2.05, 4.69) is 6.92 Å². The van der Waals surface area contributed by atoms with Gasteiger partial charge in [0, 0.05) is 6.04 Å². The van der Waals surface area contributed by atoms with Crippen LogP contribution in [0, 0.1) is 11.8 Å². The highest BCUT2D eigenvalue weighted by molar-refractivity contribution is 5.79. The molecule has 0 aliphatic heterocycles. The van der Waals surface area contributed by atoms with E-state index in [4.69, 9.17) is 11.5 Å². The molecule has 1 unspecified atom stereocenters. The average molecular weight is 256 g/mol. The van der Waals surface area contributed by atoms with Crippen LogP contribution in [-0.4, -0.2) is 23.2 Å². The number of rotatable bonds is 9. The SMILES string of the molecule is CCCCCCC1CC(C[C@@H](N)C(O)C(N)=O)C1. The minimum Gasteiger partial charge on any atom is -0.382 e. The van der Waals surface area contributed by atoms with E-state index in [1.807, 2.05) is 0 Å². The summed E-state index contributed by atoms with van der Waals surface area (Å²) < 4.78 is 0. The summed E-state index contributed by atoms with van der Waals surface area (Å²) in [6, 6.07) is -0.492. The molecule has 1 aliphatic rings.